The van der Waals surface area contributed by atoms with Crippen LogP contribution in [0.2, 0.25) is 0 Å². The summed E-state index contributed by atoms with van der Waals surface area (Å²) in [4.78, 5) is 21.5. The first-order chi connectivity index (χ1) is 11.6. The molecule has 0 amide bonds. The Labute approximate surface area is 138 Å². The minimum Gasteiger partial charge on any atom is -0.488 e. The number of likely N-dealkylation sites (N-methyl/N-ethyl adjacent to an activating group) is 1. The third kappa shape index (κ3) is 2.67. The van der Waals surface area contributed by atoms with Crippen molar-refractivity contribution in [3.8, 4) is 5.75 Å². The topological polar surface area (TPSA) is 76.0 Å². The summed E-state index contributed by atoms with van der Waals surface area (Å²) in [6.07, 6.45) is 2.57. The number of aromatic nitrogens is 4. The van der Waals surface area contributed by atoms with Crippen molar-refractivity contribution in [1.29, 1.82) is 0 Å². The highest BCUT2D eigenvalue weighted by Gasteiger charge is 2.23. The van der Waals surface area contributed by atoms with E-state index in [1.165, 1.54) is 11.8 Å². The van der Waals surface area contributed by atoms with E-state index in [0.717, 1.165) is 18.7 Å². The third-order valence-electron chi connectivity index (χ3n) is 4.30. The highest BCUT2D eigenvalue weighted by Crippen LogP contribution is 2.28. The Bertz CT molecular complexity index is 921. The number of rotatable bonds is 4. The van der Waals surface area contributed by atoms with Crippen molar-refractivity contribution < 1.29 is 4.74 Å². The summed E-state index contributed by atoms with van der Waals surface area (Å²) in [5.41, 5.74) is 1.70. The van der Waals surface area contributed by atoms with Crippen molar-refractivity contribution in [2.45, 2.75) is 19.1 Å². The number of H-pyrrole nitrogens is 1. The van der Waals surface area contributed by atoms with Gasteiger partial charge in [-0.15, -0.1) is 0 Å². The number of para-hydroxylation sites is 1. The van der Waals surface area contributed by atoms with Gasteiger partial charge in [-0.05, 0) is 18.7 Å². The van der Waals surface area contributed by atoms with E-state index in [0.29, 0.717) is 23.4 Å². The lowest BCUT2D eigenvalue weighted by molar-refractivity contribution is 0.163. The number of hydrogen-bond donors (Lipinski definition) is 1. The molecule has 1 aliphatic rings. The largest absolute Gasteiger partial charge is 0.488 e. The maximum atomic E-state index is 12.1. The van der Waals surface area contributed by atoms with E-state index in [9.17, 15) is 4.79 Å². The molecule has 24 heavy (non-hydrogen) atoms. The van der Waals surface area contributed by atoms with Gasteiger partial charge in [-0.2, -0.15) is 5.10 Å². The Hall–Kier alpha value is -2.67. The lowest BCUT2D eigenvalue weighted by Gasteiger charge is -2.20. The molecule has 1 N–H and O–H groups in total. The van der Waals surface area contributed by atoms with Gasteiger partial charge in [0.15, 0.2) is 5.65 Å². The fraction of sp³-hybridized carbons (Fsp3) is 0.353. The van der Waals surface area contributed by atoms with Gasteiger partial charge in [-0.3, -0.25) is 14.4 Å². The van der Waals surface area contributed by atoms with Crippen LogP contribution in [0.1, 0.15) is 11.4 Å². The summed E-state index contributed by atoms with van der Waals surface area (Å²) in [5.74, 6) is 1.60. The van der Waals surface area contributed by atoms with Crippen LogP contribution in [-0.4, -0.2) is 44.3 Å². The van der Waals surface area contributed by atoms with Gasteiger partial charge in [0.2, 0.25) is 0 Å². The van der Waals surface area contributed by atoms with Crippen molar-refractivity contribution in [3.05, 3.63) is 52.2 Å². The average Bonchev–Trinajstić information content (AvgIpc) is 3.11. The molecular weight excluding hydrogens is 306 g/mol. The van der Waals surface area contributed by atoms with Crippen LogP contribution in [0.3, 0.4) is 0 Å². The van der Waals surface area contributed by atoms with Gasteiger partial charge in [0.25, 0.3) is 5.56 Å². The molecule has 1 aromatic carbocycles. The maximum Gasteiger partial charge on any atom is 0.262 e. The van der Waals surface area contributed by atoms with Gasteiger partial charge < -0.3 is 9.72 Å². The van der Waals surface area contributed by atoms with Crippen LogP contribution in [0.4, 0.5) is 0 Å². The predicted molar refractivity (Wildman–Crippen MR) is 90.0 cm³/mol. The van der Waals surface area contributed by atoms with Gasteiger partial charge in [-0.25, -0.2) is 4.98 Å². The van der Waals surface area contributed by atoms with E-state index in [1.54, 1.807) is 11.7 Å². The van der Waals surface area contributed by atoms with Crippen molar-refractivity contribution in [1.82, 2.24) is 24.6 Å². The molecule has 0 saturated carbocycles. The molecule has 124 valence electrons. The molecule has 1 aliphatic heterocycles. The van der Waals surface area contributed by atoms with Crippen LogP contribution in [0.15, 0.2) is 35.3 Å². The number of aryl methyl sites for hydroxylation is 1. The van der Waals surface area contributed by atoms with E-state index in [-0.39, 0.29) is 11.7 Å². The molecule has 7 heteroatoms. The normalized spacial score (nSPS) is 16.5. The maximum absolute atomic E-state index is 12.1. The Morgan fingerprint density at radius 3 is 3.08 bits per heavy atom. The summed E-state index contributed by atoms with van der Waals surface area (Å²) < 4.78 is 7.58. The number of fused-ring (bicyclic) bond motifs is 2. The number of ether oxygens (including phenoxy) is 1. The Balaban J connectivity index is 1.46. The zero-order valence-electron chi connectivity index (χ0n) is 13.7. The molecule has 1 atom stereocenters. The van der Waals surface area contributed by atoms with Crippen LogP contribution in [0, 0.1) is 0 Å². The fourth-order valence-corrected chi connectivity index (χ4v) is 3.18. The number of nitrogens with zero attached hydrogens (tertiary/aromatic N) is 4. The zero-order valence-corrected chi connectivity index (χ0v) is 13.7. The third-order valence-corrected chi connectivity index (χ3v) is 4.30. The van der Waals surface area contributed by atoms with E-state index in [4.69, 9.17) is 4.74 Å². The van der Waals surface area contributed by atoms with Crippen molar-refractivity contribution >= 4 is 11.0 Å². The predicted octanol–water partition coefficient (Wildman–Crippen LogP) is 1.09. The summed E-state index contributed by atoms with van der Waals surface area (Å²) in [6.45, 7) is 1.31. The second-order valence-corrected chi connectivity index (χ2v) is 6.27. The lowest BCUT2D eigenvalue weighted by atomic mass is 10.1. The van der Waals surface area contributed by atoms with Crippen LogP contribution >= 0.6 is 0 Å². The second kappa shape index (κ2) is 5.76. The molecule has 0 aliphatic carbocycles. The summed E-state index contributed by atoms with van der Waals surface area (Å²) in [7, 11) is 3.78. The van der Waals surface area contributed by atoms with E-state index >= 15 is 0 Å². The SMILES string of the molecule is CN(Cc1nc2c(cnn2C)c(=O)[nH]1)C[C@@H]1Cc2ccccc2O1. The monoisotopic (exact) mass is 325 g/mol. The van der Waals surface area contributed by atoms with Crippen LogP contribution < -0.4 is 10.3 Å². The Morgan fingerprint density at radius 2 is 2.25 bits per heavy atom. The quantitative estimate of drug-likeness (QED) is 0.777. The molecule has 0 saturated heterocycles. The first-order valence-electron chi connectivity index (χ1n) is 7.94. The minimum absolute atomic E-state index is 0.125. The standard InChI is InChI=1S/C17H19N5O2/c1-21(9-12-7-11-5-3-4-6-14(11)24-12)10-15-19-16-13(17(23)20-15)8-18-22(16)2/h3-6,8,12H,7,9-10H2,1-2H3,(H,19,20,23)/t12-/m0/s1. The number of benzene rings is 1. The number of nitrogens with one attached hydrogen (secondary N) is 1. The summed E-state index contributed by atoms with van der Waals surface area (Å²) in [5, 5.41) is 4.60. The smallest absolute Gasteiger partial charge is 0.262 e. The first kappa shape index (κ1) is 14.9. The van der Waals surface area contributed by atoms with Crippen molar-refractivity contribution in [2.75, 3.05) is 13.6 Å². The number of aromatic amines is 1. The average molecular weight is 325 g/mol. The van der Waals surface area contributed by atoms with Gasteiger partial charge in [0, 0.05) is 20.0 Å². The highest BCUT2D eigenvalue weighted by atomic mass is 16.5. The highest BCUT2D eigenvalue weighted by molar-refractivity contribution is 5.72. The molecule has 3 aromatic rings. The molecule has 0 unspecified atom stereocenters. The molecule has 7 nitrogen and oxygen atoms in total. The summed E-state index contributed by atoms with van der Waals surface area (Å²) in [6, 6.07) is 8.13. The van der Waals surface area contributed by atoms with E-state index in [2.05, 4.69) is 26.0 Å². The molecule has 0 spiro atoms. The molecule has 0 radical (unpaired) electrons. The molecule has 0 fully saturated rings. The second-order valence-electron chi connectivity index (χ2n) is 6.27. The van der Waals surface area contributed by atoms with Crippen LogP contribution in [0.25, 0.3) is 11.0 Å². The van der Waals surface area contributed by atoms with E-state index < -0.39 is 0 Å². The zero-order chi connectivity index (χ0) is 16.7. The van der Waals surface area contributed by atoms with Gasteiger partial charge >= 0.3 is 0 Å². The van der Waals surface area contributed by atoms with Crippen molar-refractivity contribution in [2.24, 2.45) is 7.05 Å². The Morgan fingerprint density at radius 1 is 1.42 bits per heavy atom. The molecular formula is C17H19N5O2. The minimum atomic E-state index is -0.152. The van der Waals surface area contributed by atoms with Gasteiger partial charge in [0.05, 0.1) is 12.7 Å². The van der Waals surface area contributed by atoms with Gasteiger partial charge in [-0.1, -0.05) is 18.2 Å². The molecule has 3 heterocycles. The Kier molecular flexibility index (Phi) is 3.57. The first-order valence-corrected chi connectivity index (χ1v) is 7.94. The summed E-state index contributed by atoms with van der Waals surface area (Å²) >= 11 is 0. The van der Waals surface area contributed by atoms with Crippen LogP contribution in [-0.2, 0) is 20.0 Å². The molecule has 0 bridgehead atoms. The van der Waals surface area contributed by atoms with Gasteiger partial charge in [0.1, 0.15) is 23.1 Å². The molecule has 4 rings (SSSR count). The molecule has 2 aromatic heterocycles. The van der Waals surface area contributed by atoms with Crippen molar-refractivity contribution in [3.63, 3.8) is 0 Å². The van der Waals surface area contributed by atoms with E-state index in [1.807, 2.05) is 25.2 Å². The lowest BCUT2D eigenvalue weighted by Crippen LogP contribution is -2.32. The van der Waals surface area contributed by atoms with Crippen LogP contribution in [0.5, 0.6) is 5.75 Å². The number of hydrogen-bond acceptors (Lipinski definition) is 5. The fourth-order valence-electron chi connectivity index (χ4n) is 3.18.